The van der Waals surface area contributed by atoms with Crippen LogP contribution in [0, 0.1) is 0 Å². The molecule has 5 nitrogen and oxygen atoms in total. The predicted molar refractivity (Wildman–Crippen MR) is 65.8 cm³/mol. The summed E-state index contributed by atoms with van der Waals surface area (Å²) >= 11 is 0. The number of carbonyl (C=O) groups is 3. The Morgan fingerprint density at radius 1 is 1.17 bits per heavy atom. The van der Waals surface area contributed by atoms with E-state index >= 15 is 0 Å². The van der Waals surface area contributed by atoms with Crippen molar-refractivity contribution in [3.8, 4) is 0 Å². The summed E-state index contributed by atoms with van der Waals surface area (Å²) < 4.78 is 0. The molecule has 0 unspecified atom stereocenters. The van der Waals surface area contributed by atoms with E-state index in [1.807, 2.05) is 0 Å². The molecule has 100 valence electrons. The van der Waals surface area contributed by atoms with Crippen LogP contribution in [-0.2, 0) is 14.4 Å². The van der Waals surface area contributed by atoms with Crippen molar-refractivity contribution in [3.05, 3.63) is 11.6 Å². The fraction of sp³-hybridized carbons (Fsp3) is 0.615. The van der Waals surface area contributed by atoms with Gasteiger partial charge in [0.2, 0.25) is 0 Å². The van der Waals surface area contributed by atoms with Crippen molar-refractivity contribution < 1.29 is 19.5 Å². The maximum absolute atomic E-state index is 11.5. The molecule has 0 saturated carbocycles. The monoisotopic (exact) mass is 253 g/mol. The second kappa shape index (κ2) is 6.93. The van der Waals surface area contributed by atoms with Gasteiger partial charge in [-0.3, -0.25) is 19.3 Å². The quantitative estimate of drug-likeness (QED) is 0.528. The van der Waals surface area contributed by atoms with Gasteiger partial charge in [0.25, 0.3) is 11.8 Å². The SMILES string of the molecule is CC1=CC(=O)N(CCCCCCCC(=O)O)C1=O. The zero-order valence-electron chi connectivity index (χ0n) is 10.6. The lowest BCUT2D eigenvalue weighted by Gasteiger charge is -2.13. The third-order valence-corrected chi connectivity index (χ3v) is 2.96. The van der Waals surface area contributed by atoms with Crippen molar-refractivity contribution in [1.29, 1.82) is 0 Å². The smallest absolute Gasteiger partial charge is 0.303 e. The van der Waals surface area contributed by atoms with E-state index in [-0.39, 0.29) is 18.2 Å². The molecule has 1 heterocycles. The van der Waals surface area contributed by atoms with E-state index in [1.54, 1.807) is 6.92 Å². The van der Waals surface area contributed by atoms with E-state index in [1.165, 1.54) is 11.0 Å². The molecule has 0 fully saturated rings. The molecule has 0 atom stereocenters. The van der Waals surface area contributed by atoms with Gasteiger partial charge in [0.05, 0.1) is 0 Å². The van der Waals surface area contributed by atoms with Crippen LogP contribution < -0.4 is 0 Å². The van der Waals surface area contributed by atoms with Gasteiger partial charge < -0.3 is 5.11 Å². The number of imide groups is 1. The second-order valence-electron chi connectivity index (χ2n) is 4.53. The Labute approximate surface area is 106 Å². The number of carboxylic acids is 1. The molecule has 0 aromatic heterocycles. The van der Waals surface area contributed by atoms with Crippen LogP contribution in [0.3, 0.4) is 0 Å². The summed E-state index contributed by atoms with van der Waals surface area (Å²) in [6.07, 6.45) is 5.79. The molecule has 0 aromatic rings. The highest BCUT2D eigenvalue weighted by Gasteiger charge is 2.27. The van der Waals surface area contributed by atoms with Crippen LogP contribution >= 0.6 is 0 Å². The molecule has 2 amide bonds. The van der Waals surface area contributed by atoms with Crippen LogP contribution in [0.25, 0.3) is 0 Å². The van der Waals surface area contributed by atoms with Crippen LogP contribution in [0.15, 0.2) is 11.6 Å². The van der Waals surface area contributed by atoms with Crippen molar-refractivity contribution in [2.24, 2.45) is 0 Å². The lowest BCUT2D eigenvalue weighted by atomic mass is 10.1. The van der Waals surface area contributed by atoms with Crippen molar-refractivity contribution >= 4 is 17.8 Å². The molecule has 1 rings (SSSR count). The maximum atomic E-state index is 11.5. The third kappa shape index (κ3) is 4.31. The highest BCUT2D eigenvalue weighted by atomic mass is 16.4. The van der Waals surface area contributed by atoms with Gasteiger partial charge in [-0.2, -0.15) is 0 Å². The fourth-order valence-electron chi connectivity index (χ4n) is 1.93. The van der Waals surface area contributed by atoms with Gasteiger partial charge in [-0.05, 0) is 19.8 Å². The van der Waals surface area contributed by atoms with E-state index in [9.17, 15) is 14.4 Å². The average Bonchev–Trinajstić information content (AvgIpc) is 2.53. The zero-order chi connectivity index (χ0) is 13.5. The molecule has 0 saturated heterocycles. The first-order valence-electron chi connectivity index (χ1n) is 6.28. The summed E-state index contributed by atoms with van der Waals surface area (Å²) in [4.78, 5) is 34.5. The molecular weight excluding hydrogens is 234 g/mol. The Morgan fingerprint density at radius 3 is 2.33 bits per heavy atom. The largest absolute Gasteiger partial charge is 0.481 e. The molecule has 18 heavy (non-hydrogen) atoms. The first-order valence-corrected chi connectivity index (χ1v) is 6.28. The molecular formula is C13H19NO4. The summed E-state index contributed by atoms with van der Waals surface area (Å²) in [6.45, 7) is 2.11. The third-order valence-electron chi connectivity index (χ3n) is 2.96. The van der Waals surface area contributed by atoms with E-state index in [0.717, 1.165) is 25.7 Å². The minimum atomic E-state index is -0.759. The first-order chi connectivity index (χ1) is 8.52. The van der Waals surface area contributed by atoms with Gasteiger partial charge in [0.15, 0.2) is 0 Å². The molecule has 0 aliphatic carbocycles. The van der Waals surface area contributed by atoms with E-state index < -0.39 is 5.97 Å². The van der Waals surface area contributed by atoms with Crippen molar-refractivity contribution in [2.75, 3.05) is 6.54 Å². The molecule has 0 radical (unpaired) electrons. The number of hydrogen-bond acceptors (Lipinski definition) is 3. The van der Waals surface area contributed by atoms with Crippen LogP contribution in [-0.4, -0.2) is 34.3 Å². The van der Waals surface area contributed by atoms with Gasteiger partial charge in [0, 0.05) is 24.6 Å². The van der Waals surface area contributed by atoms with Crippen molar-refractivity contribution in [1.82, 2.24) is 4.90 Å². The first kappa shape index (κ1) is 14.4. The Hall–Kier alpha value is -1.65. The summed E-state index contributed by atoms with van der Waals surface area (Å²) in [7, 11) is 0. The van der Waals surface area contributed by atoms with E-state index in [2.05, 4.69) is 0 Å². The minimum Gasteiger partial charge on any atom is -0.481 e. The Morgan fingerprint density at radius 2 is 1.78 bits per heavy atom. The molecule has 0 bridgehead atoms. The molecule has 0 spiro atoms. The number of carboxylic acid groups (broad SMARTS) is 1. The predicted octanol–water partition coefficient (Wildman–Crippen LogP) is 1.73. The topological polar surface area (TPSA) is 74.7 Å². The Balaban J connectivity index is 2.07. The summed E-state index contributed by atoms with van der Waals surface area (Å²) in [5, 5.41) is 8.46. The van der Waals surface area contributed by atoms with Gasteiger partial charge in [-0.1, -0.05) is 19.3 Å². The lowest BCUT2D eigenvalue weighted by Crippen LogP contribution is -2.31. The summed E-state index contributed by atoms with van der Waals surface area (Å²) in [6, 6.07) is 0. The standard InChI is InChI=1S/C13H19NO4/c1-10-9-11(15)14(13(10)18)8-6-4-2-3-5-7-12(16)17/h9H,2-8H2,1H3,(H,16,17). The molecule has 1 aliphatic rings. The highest BCUT2D eigenvalue weighted by Crippen LogP contribution is 2.13. The normalized spacial score (nSPS) is 15.2. The van der Waals surface area contributed by atoms with Gasteiger partial charge >= 0.3 is 5.97 Å². The lowest BCUT2D eigenvalue weighted by molar-refractivity contribution is -0.138. The maximum Gasteiger partial charge on any atom is 0.303 e. The number of hydrogen-bond donors (Lipinski definition) is 1. The number of unbranched alkanes of at least 4 members (excludes halogenated alkanes) is 4. The van der Waals surface area contributed by atoms with Gasteiger partial charge in [0.1, 0.15) is 0 Å². The van der Waals surface area contributed by atoms with Gasteiger partial charge in [-0.15, -0.1) is 0 Å². The summed E-state index contributed by atoms with van der Waals surface area (Å²) in [5.41, 5.74) is 0.501. The molecule has 1 aliphatic heterocycles. The van der Waals surface area contributed by atoms with Crippen LogP contribution in [0.1, 0.15) is 45.4 Å². The fourth-order valence-corrected chi connectivity index (χ4v) is 1.93. The van der Waals surface area contributed by atoms with E-state index in [0.29, 0.717) is 18.5 Å². The molecule has 1 N–H and O–H groups in total. The Kier molecular flexibility index (Phi) is 5.55. The van der Waals surface area contributed by atoms with Gasteiger partial charge in [-0.25, -0.2) is 0 Å². The number of amides is 2. The molecule has 0 aromatic carbocycles. The van der Waals surface area contributed by atoms with Crippen LogP contribution in [0.5, 0.6) is 0 Å². The second-order valence-corrected chi connectivity index (χ2v) is 4.53. The van der Waals surface area contributed by atoms with Crippen molar-refractivity contribution in [3.63, 3.8) is 0 Å². The van der Waals surface area contributed by atoms with Crippen LogP contribution in [0.4, 0.5) is 0 Å². The van der Waals surface area contributed by atoms with Crippen LogP contribution in [0.2, 0.25) is 0 Å². The minimum absolute atomic E-state index is 0.189. The highest BCUT2D eigenvalue weighted by molar-refractivity contribution is 6.15. The number of carbonyl (C=O) groups excluding carboxylic acids is 2. The van der Waals surface area contributed by atoms with Crippen molar-refractivity contribution in [2.45, 2.75) is 45.4 Å². The average molecular weight is 253 g/mol. The Bertz CT molecular complexity index is 373. The number of rotatable bonds is 8. The molecule has 5 heteroatoms. The summed E-state index contributed by atoms with van der Waals surface area (Å²) in [5.74, 6) is -1.17. The number of nitrogens with zero attached hydrogens (tertiary/aromatic N) is 1. The zero-order valence-corrected chi connectivity index (χ0v) is 10.6. The number of aliphatic carboxylic acids is 1. The van der Waals surface area contributed by atoms with E-state index in [4.69, 9.17) is 5.11 Å².